The van der Waals surface area contributed by atoms with Crippen molar-refractivity contribution >= 4 is 5.91 Å². The van der Waals surface area contributed by atoms with Crippen LogP contribution in [0.5, 0.6) is 5.88 Å². The van der Waals surface area contributed by atoms with Gasteiger partial charge in [-0.3, -0.25) is 4.79 Å². The Bertz CT molecular complexity index is 849. The van der Waals surface area contributed by atoms with Crippen molar-refractivity contribution < 1.29 is 9.53 Å². The largest absolute Gasteiger partial charge is 0.472 e. The first-order valence-corrected chi connectivity index (χ1v) is 8.54. The highest BCUT2D eigenvalue weighted by atomic mass is 16.5. The summed E-state index contributed by atoms with van der Waals surface area (Å²) in [4.78, 5) is 26.5. The fourth-order valence-electron chi connectivity index (χ4n) is 3.05. The molecule has 4 rings (SSSR count). The predicted molar refractivity (Wildman–Crippen MR) is 94.7 cm³/mol. The zero-order chi connectivity index (χ0) is 17.8. The van der Waals surface area contributed by atoms with Crippen molar-refractivity contribution in [2.24, 2.45) is 0 Å². The highest BCUT2D eigenvalue weighted by Crippen LogP contribution is 2.18. The molecule has 26 heavy (non-hydrogen) atoms. The molecule has 1 aliphatic rings. The van der Waals surface area contributed by atoms with Crippen LogP contribution < -0.4 is 4.74 Å². The van der Waals surface area contributed by atoms with Gasteiger partial charge >= 0.3 is 0 Å². The lowest BCUT2D eigenvalue weighted by Gasteiger charge is -2.17. The van der Waals surface area contributed by atoms with Crippen LogP contribution in [0, 0.1) is 0 Å². The van der Waals surface area contributed by atoms with E-state index < -0.39 is 0 Å². The zero-order valence-electron chi connectivity index (χ0n) is 14.2. The number of nitrogens with zero attached hydrogens (tertiary/aromatic N) is 5. The van der Waals surface area contributed by atoms with Crippen LogP contribution in [0.4, 0.5) is 0 Å². The van der Waals surface area contributed by atoms with E-state index in [4.69, 9.17) is 4.74 Å². The van der Waals surface area contributed by atoms with Crippen LogP contribution in [0.1, 0.15) is 22.3 Å². The molecular weight excluding hydrogens is 330 g/mol. The molecule has 7 nitrogen and oxygen atoms in total. The number of likely N-dealkylation sites (tertiary alicyclic amines) is 1. The van der Waals surface area contributed by atoms with Crippen LogP contribution in [-0.4, -0.2) is 49.5 Å². The van der Waals surface area contributed by atoms with Crippen molar-refractivity contribution in [2.45, 2.75) is 19.1 Å². The van der Waals surface area contributed by atoms with E-state index in [1.54, 1.807) is 24.8 Å². The highest BCUT2D eigenvalue weighted by Gasteiger charge is 2.28. The normalized spacial score (nSPS) is 16.6. The highest BCUT2D eigenvalue weighted by molar-refractivity contribution is 5.94. The summed E-state index contributed by atoms with van der Waals surface area (Å²) in [6.07, 6.45) is 9.32. The molecular formula is C19H19N5O2. The van der Waals surface area contributed by atoms with Gasteiger partial charge in [-0.15, -0.1) is 0 Å². The van der Waals surface area contributed by atoms with Gasteiger partial charge < -0.3 is 14.2 Å². The molecule has 132 valence electrons. The Morgan fingerprint density at radius 1 is 1.15 bits per heavy atom. The molecule has 3 heterocycles. The number of imidazole rings is 1. The molecule has 7 heteroatoms. The Labute approximate surface area is 151 Å². The van der Waals surface area contributed by atoms with E-state index in [-0.39, 0.29) is 12.0 Å². The first-order valence-electron chi connectivity index (χ1n) is 8.54. The summed E-state index contributed by atoms with van der Waals surface area (Å²) >= 11 is 0. The smallest absolute Gasteiger partial charge is 0.253 e. The first kappa shape index (κ1) is 16.3. The predicted octanol–water partition coefficient (Wildman–Crippen LogP) is 2.01. The molecule has 1 aliphatic heterocycles. The molecule has 1 atom stereocenters. The Balaban J connectivity index is 1.35. The average molecular weight is 349 g/mol. The second kappa shape index (κ2) is 7.35. The van der Waals surface area contributed by atoms with Crippen molar-refractivity contribution in [1.82, 2.24) is 24.4 Å². The van der Waals surface area contributed by atoms with Crippen LogP contribution in [-0.2, 0) is 6.54 Å². The monoisotopic (exact) mass is 349 g/mol. The summed E-state index contributed by atoms with van der Waals surface area (Å²) in [5.41, 5.74) is 1.83. The molecule has 0 radical (unpaired) electrons. The molecule has 0 unspecified atom stereocenters. The summed E-state index contributed by atoms with van der Waals surface area (Å²) in [5, 5.41) is 0. The Hall–Kier alpha value is -3.22. The van der Waals surface area contributed by atoms with Crippen molar-refractivity contribution in [3.63, 3.8) is 0 Å². The van der Waals surface area contributed by atoms with Gasteiger partial charge in [0.15, 0.2) is 0 Å². The maximum atomic E-state index is 12.7. The molecule has 0 saturated carbocycles. The third kappa shape index (κ3) is 3.72. The van der Waals surface area contributed by atoms with Gasteiger partial charge in [-0.1, -0.05) is 12.1 Å². The standard InChI is InChI=1S/C19H19N5O2/c25-19(16-3-1-15(2-4-16)11-23-10-8-21-14-23)24-9-6-17(12-24)26-18-5-7-20-13-22-18/h1-5,7-8,10,13-14,17H,6,9,11-12H2/t17-/m0/s1. The molecule has 2 aromatic heterocycles. The number of ether oxygens (including phenoxy) is 1. The molecule has 0 bridgehead atoms. The first-order chi connectivity index (χ1) is 12.8. The summed E-state index contributed by atoms with van der Waals surface area (Å²) in [5.74, 6) is 0.580. The van der Waals surface area contributed by atoms with Gasteiger partial charge in [-0.05, 0) is 17.7 Å². The molecule has 3 aromatic rings. The number of carbonyl (C=O) groups excluding carboxylic acids is 1. The van der Waals surface area contributed by atoms with E-state index in [1.165, 1.54) is 6.33 Å². The number of hydrogen-bond acceptors (Lipinski definition) is 5. The number of aromatic nitrogens is 4. The van der Waals surface area contributed by atoms with Gasteiger partial charge in [-0.2, -0.15) is 0 Å². The second-order valence-electron chi connectivity index (χ2n) is 6.26. The van der Waals surface area contributed by atoms with Crippen LogP contribution in [0.25, 0.3) is 0 Å². The van der Waals surface area contributed by atoms with Crippen molar-refractivity contribution in [2.75, 3.05) is 13.1 Å². The Morgan fingerprint density at radius 2 is 2.04 bits per heavy atom. The van der Waals surface area contributed by atoms with E-state index in [2.05, 4.69) is 15.0 Å². The van der Waals surface area contributed by atoms with Gasteiger partial charge in [0.05, 0.1) is 12.9 Å². The van der Waals surface area contributed by atoms with Crippen molar-refractivity contribution in [3.05, 3.63) is 72.7 Å². The van der Waals surface area contributed by atoms with E-state index >= 15 is 0 Å². The van der Waals surface area contributed by atoms with Crippen LogP contribution >= 0.6 is 0 Å². The second-order valence-corrected chi connectivity index (χ2v) is 6.26. The lowest BCUT2D eigenvalue weighted by Crippen LogP contribution is -2.31. The van der Waals surface area contributed by atoms with Crippen LogP contribution in [0.2, 0.25) is 0 Å². The topological polar surface area (TPSA) is 73.1 Å². The fourth-order valence-corrected chi connectivity index (χ4v) is 3.05. The van der Waals surface area contributed by atoms with E-state index in [0.29, 0.717) is 24.5 Å². The van der Waals surface area contributed by atoms with Gasteiger partial charge in [0, 0.05) is 49.7 Å². The SMILES string of the molecule is O=C(c1ccc(Cn2ccnc2)cc1)N1CC[C@H](Oc2ccncn2)C1. The van der Waals surface area contributed by atoms with E-state index in [9.17, 15) is 4.79 Å². The molecule has 1 aromatic carbocycles. The summed E-state index contributed by atoms with van der Waals surface area (Å²) in [7, 11) is 0. The van der Waals surface area contributed by atoms with Gasteiger partial charge in [-0.25, -0.2) is 15.0 Å². The number of carbonyl (C=O) groups is 1. The quantitative estimate of drug-likeness (QED) is 0.704. The molecule has 0 N–H and O–H groups in total. The Kier molecular flexibility index (Phi) is 4.59. The maximum absolute atomic E-state index is 12.7. The number of amides is 1. The summed E-state index contributed by atoms with van der Waals surface area (Å²) < 4.78 is 7.81. The van der Waals surface area contributed by atoms with Crippen molar-refractivity contribution in [3.8, 4) is 5.88 Å². The molecule has 1 saturated heterocycles. The molecule has 1 amide bonds. The lowest BCUT2D eigenvalue weighted by molar-refractivity contribution is 0.0771. The molecule has 0 spiro atoms. The van der Waals surface area contributed by atoms with Gasteiger partial charge in [0.1, 0.15) is 12.4 Å². The van der Waals surface area contributed by atoms with Crippen molar-refractivity contribution in [1.29, 1.82) is 0 Å². The van der Waals surface area contributed by atoms with Crippen LogP contribution in [0.3, 0.4) is 0 Å². The zero-order valence-corrected chi connectivity index (χ0v) is 14.2. The van der Waals surface area contributed by atoms with E-state index in [0.717, 1.165) is 18.5 Å². The van der Waals surface area contributed by atoms with Gasteiger partial charge in [0.2, 0.25) is 5.88 Å². The third-order valence-corrected chi connectivity index (χ3v) is 4.40. The van der Waals surface area contributed by atoms with Gasteiger partial charge in [0.25, 0.3) is 5.91 Å². The summed E-state index contributed by atoms with van der Waals surface area (Å²) in [6.45, 7) is 2.00. The number of rotatable bonds is 5. The van der Waals surface area contributed by atoms with Crippen LogP contribution in [0.15, 0.2) is 61.6 Å². The molecule has 0 aliphatic carbocycles. The molecule has 1 fully saturated rings. The van der Waals surface area contributed by atoms with E-state index in [1.807, 2.05) is 39.9 Å². The number of benzene rings is 1. The summed E-state index contributed by atoms with van der Waals surface area (Å²) in [6, 6.07) is 9.46. The lowest BCUT2D eigenvalue weighted by atomic mass is 10.1. The fraction of sp³-hybridized carbons (Fsp3) is 0.263. The maximum Gasteiger partial charge on any atom is 0.253 e. The number of hydrogen-bond donors (Lipinski definition) is 0. The minimum absolute atomic E-state index is 0.0330. The Morgan fingerprint density at radius 3 is 2.77 bits per heavy atom. The third-order valence-electron chi connectivity index (χ3n) is 4.40. The minimum Gasteiger partial charge on any atom is -0.472 e. The minimum atomic E-state index is -0.0330. The average Bonchev–Trinajstić information content (AvgIpc) is 3.35.